The predicted octanol–water partition coefficient (Wildman–Crippen LogP) is 3.97. The first-order valence-electron chi connectivity index (χ1n) is 8.02. The Balaban J connectivity index is 1.74. The highest BCUT2D eigenvalue weighted by molar-refractivity contribution is 5.70. The fourth-order valence-electron chi connectivity index (χ4n) is 4.01. The van der Waals surface area contributed by atoms with E-state index in [1.165, 1.54) is 58.1 Å². The Morgan fingerprint density at radius 1 is 1.10 bits per heavy atom. The topological polar surface area (TPSA) is 38.5 Å². The molecule has 0 bridgehead atoms. The smallest absolute Gasteiger partial charge is 0.167 e. The fourth-order valence-corrected chi connectivity index (χ4v) is 4.01. The summed E-state index contributed by atoms with van der Waals surface area (Å²) in [5.41, 5.74) is 7.99. The molecule has 1 spiro atoms. The molecule has 1 aromatic rings. The third kappa shape index (κ3) is 2.81. The van der Waals surface area contributed by atoms with Crippen molar-refractivity contribution in [3.63, 3.8) is 0 Å². The average molecular weight is 292 g/mol. The van der Waals surface area contributed by atoms with E-state index >= 15 is 0 Å². The number of ether oxygens (including phenoxy) is 1. The molecule has 0 atom stereocenters. The zero-order valence-electron chi connectivity index (χ0n) is 12.8. The van der Waals surface area contributed by atoms with E-state index in [0.29, 0.717) is 11.1 Å². The van der Waals surface area contributed by atoms with E-state index in [9.17, 15) is 4.39 Å². The van der Waals surface area contributed by atoms with Crippen molar-refractivity contribution in [2.45, 2.75) is 44.9 Å². The molecule has 0 aromatic heterocycles. The lowest BCUT2D eigenvalue weighted by Crippen LogP contribution is -2.41. The number of anilines is 2. The molecule has 1 aromatic carbocycles. The van der Waals surface area contributed by atoms with E-state index in [-0.39, 0.29) is 11.6 Å². The van der Waals surface area contributed by atoms with Gasteiger partial charge in [0.15, 0.2) is 11.6 Å². The molecule has 0 amide bonds. The molecule has 1 heterocycles. The lowest BCUT2D eigenvalue weighted by Gasteiger charge is -2.45. The van der Waals surface area contributed by atoms with E-state index in [4.69, 9.17) is 10.5 Å². The first-order valence-corrected chi connectivity index (χ1v) is 8.02. The van der Waals surface area contributed by atoms with E-state index in [1.807, 2.05) is 0 Å². The standard InChI is InChI=1S/C17H25FN2O/c1-21-16-12-15(14(19)11-13(16)18)20-9-7-17(8-10-20)5-3-2-4-6-17/h11-12H,2-10,19H2,1H3. The van der Waals surface area contributed by atoms with Crippen LogP contribution in [0.5, 0.6) is 5.75 Å². The van der Waals surface area contributed by atoms with Gasteiger partial charge in [0, 0.05) is 25.2 Å². The lowest BCUT2D eigenvalue weighted by atomic mass is 9.68. The van der Waals surface area contributed by atoms with Gasteiger partial charge in [-0.3, -0.25) is 0 Å². The summed E-state index contributed by atoms with van der Waals surface area (Å²) in [6.45, 7) is 2.03. The third-order valence-corrected chi connectivity index (χ3v) is 5.38. The van der Waals surface area contributed by atoms with Crippen LogP contribution in [-0.4, -0.2) is 20.2 Å². The second kappa shape index (κ2) is 5.74. The maximum atomic E-state index is 13.7. The van der Waals surface area contributed by atoms with Crippen molar-refractivity contribution < 1.29 is 9.13 Å². The molecule has 3 nitrogen and oxygen atoms in total. The molecular formula is C17H25FN2O. The zero-order valence-corrected chi connectivity index (χ0v) is 12.8. The number of halogens is 1. The fraction of sp³-hybridized carbons (Fsp3) is 0.647. The van der Waals surface area contributed by atoms with E-state index < -0.39 is 0 Å². The summed E-state index contributed by atoms with van der Waals surface area (Å²) in [6, 6.07) is 3.11. The van der Waals surface area contributed by atoms with Crippen molar-refractivity contribution in [1.29, 1.82) is 0 Å². The Hall–Kier alpha value is -1.45. The van der Waals surface area contributed by atoms with Crippen molar-refractivity contribution in [3.8, 4) is 5.75 Å². The second-order valence-corrected chi connectivity index (χ2v) is 6.59. The van der Waals surface area contributed by atoms with Crippen molar-refractivity contribution in [1.82, 2.24) is 0 Å². The minimum Gasteiger partial charge on any atom is -0.494 e. The highest BCUT2D eigenvalue weighted by atomic mass is 19.1. The van der Waals surface area contributed by atoms with Gasteiger partial charge in [0.05, 0.1) is 18.5 Å². The van der Waals surface area contributed by atoms with Crippen LogP contribution in [0.25, 0.3) is 0 Å². The van der Waals surface area contributed by atoms with Gasteiger partial charge < -0.3 is 15.4 Å². The summed E-state index contributed by atoms with van der Waals surface area (Å²) in [7, 11) is 1.49. The number of nitrogen functional groups attached to an aromatic ring is 1. The van der Waals surface area contributed by atoms with Crippen LogP contribution in [0, 0.1) is 11.2 Å². The Bertz CT molecular complexity index is 502. The summed E-state index contributed by atoms with van der Waals surface area (Å²) >= 11 is 0. The molecular weight excluding hydrogens is 267 g/mol. The van der Waals surface area contributed by atoms with Crippen LogP contribution in [0.2, 0.25) is 0 Å². The van der Waals surface area contributed by atoms with Crippen LogP contribution in [0.4, 0.5) is 15.8 Å². The molecule has 2 N–H and O–H groups in total. The monoisotopic (exact) mass is 292 g/mol. The molecule has 1 saturated heterocycles. The van der Waals surface area contributed by atoms with Gasteiger partial charge in [0.1, 0.15) is 0 Å². The average Bonchev–Trinajstić information content (AvgIpc) is 2.50. The molecule has 0 unspecified atom stereocenters. The Morgan fingerprint density at radius 2 is 1.76 bits per heavy atom. The number of hydrogen-bond donors (Lipinski definition) is 1. The van der Waals surface area contributed by atoms with Crippen molar-refractivity contribution in [3.05, 3.63) is 17.9 Å². The minimum absolute atomic E-state index is 0.275. The highest BCUT2D eigenvalue weighted by Gasteiger charge is 2.35. The molecule has 1 aliphatic carbocycles. The largest absolute Gasteiger partial charge is 0.494 e. The summed E-state index contributed by atoms with van der Waals surface area (Å²) < 4.78 is 18.7. The number of benzene rings is 1. The molecule has 2 aliphatic rings. The van der Waals surface area contributed by atoms with Crippen LogP contribution in [0.3, 0.4) is 0 Å². The third-order valence-electron chi connectivity index (χ3n) is 5.38. The highest BCUT2D eigenvalue weighted by Crippen LogP contribution is 2.46. The van der Waals surface area contributed by atoms with Crippen LogP contribution in [0.15, 0.2) is 12.1 Å². The SMILES string of the molecule is COc1cc(N2CCC3(CCCCC3)CC2)c(N)cc1F. The Kier molecular flexibility index (Phi) is 3.96. The van der Waals surface area contributed by atoms with Gasteiger partial charge in [0.2, 0.25) is 0 Å². The van der Waals surface area contributed by atoms with Gasteiger partial charge in [-0.05, 0) is 31.1 Å². The molecule has 2 fully saturated rings. The second-order valence-electron chi connectivity index (χ2n) is 6.59. The summed E-state index contributed by atoms with van der Waals surface area (Å²) in [4.78, 5) is 2.29. The quantitative estimate of drug-likeness (QED) is 0.838. The van der Waals surface area contributed by atoms with E-state index in [2.05, 4.69) is 4.90 Å². The Labute approximate surface area is 126 Å². The zero-order chi connectivity index (χ0) is 14.9. The van der Waals surface area contributed by atoms with Crippen molar-refractivity contribution in [2.24, 2.45) is 5.41 Å². The number of hydrogen-bond acceptors (Lipinski definition) is 3. The van der Waals surface area contributed by atoms with Crippen LogP contribution < -0.4 is 15.4 Å². The summed E-state index contributed by atoms with van der Waals surface area (Å²) in [6.07, 6.45) is 9.37. The summed E-state index contributed by atoms with van der Waals surface area (Å²) in [5.74, 6) is -0.114. The van der Waals surface area contributed by atoms with E-state index in [0.717, 1.165) is 18.8 Å². The minimum atomic E-state index is -0.389. The Morgan fingerprint density at radius 3 is 2.38 bits per heavy atom. The maximum absolute atomic E-state index is 13.7. The van der Waals surface area contributed by atoms with Gasteiger partial charge >= 0.3 is 0 Å². The first kappa shape index (κ1) is 14.5. The van der Waals surface area contributed by atoms with Gasteiger partial charge in [-0.15, -0.1) is 0 Å². The number of nitrogens with two attached hydrogens (primary N) is 1. The number of piperidine rings is 1. The van der Waals surface area contributed by atoms with Gasteiger partial charge in [-0.25, -0.2) is 4.39 Å². The van der Waals surface area contributed by atoms with Crippen LogP contribution in [-0.2, 0) is 0 Å². The molecule has 1 aliphatic heterocycles. The number of nitrogens with zero attached hydrogens (tertiary/aromatic N) is 1. The lowest BCUT2D eigenvalue weighted by molar-refractivity contribution is 0.144. The van der Waals surface area contributed by atoms with Gasteiger partial charge in [-0.2, -0.15) is 0 Å². The predicted molar refractivity (Wildman–Crippen MR) is 84.3 cm³/mol. The van der Waals surface area contributed by atoms with Crippen LogP contribution in [0.1, 0.15) is 44.9 Å². The normalized spacial score (nSPS) is 21.5. The van der Waals surface area contributed by atoms with Gasteiger partial charge in [0.25, 0.3) is 0 Å². The van der Waals surface area contributed by atoms with Crippen LogP contribution >= 0.6 is 0 Å². The van der Waals surface area contributed by atoms with E-state index in [1.54, 1.807) is 6.07 Å². The first-order chi connectivity index (χ1) is 10.1. The van der Waals surface area contributed by atoms with Crippen molar-refractivity contribution in [2.75, 3.05) is 30.8 Å². The molecule has 21 heavy (non-hydrogen) atoms. The molecule has 0 radical (unpaired) electrons. The maximum Gasteiger partial charge on any atom is 0.167 e. The molecule has 116 valence electrons. The van der Waals surface area contributed by atoms with Crippen molar-refractivity contribution >= 4 is 11.4 Å². The molecule has 1 saturated carbocycles. The molecule has 3 rings (SSSR count). The summed E-state index contributed by atoms with van der Waals surface area (Å²) in [5, 5.41) is 0. The number of methoxy groups -OCH3 is 1. The molecule has 4 heteroatoms. The van der Waals surface area contributed by atoms with Gasteiger partial charge in [-0.1, -0.05) is 19.3 Å². The number of rotatable bonds is 2.